The molecule has 0 radical (unpaired) electrons. The second-order valence-corrected chi connectivity index (χ2v) is 19.0. The van der Waals surface area contributed by atoms with Crippen LogP contribution in [0.15, 0.2) is 58.3 Å². The topological polar surface area (TPSA) is 236 Å². The summed E-state index contributed by atoms with van der Waals surface area (Å²) in [4.78, 5) is 3.56. The van der Waals surface area contributed by atoms with Crippen molar-refractivity contribution in [2.45, 2.75) is 172 Å². The minimum Gasteiger partial charge on any atom is -0.504 e. The number of hydrogen-bond donors (Lipinski definition) is 11. The molecule has 8 atom stereocenters. The lowest BCUT2D eigenvalue weighted by Crippen LogP contribution is -2.42. The van der Waals surface area contributed by atoms with Gasteiger partial charge in [0.1, 0.15) is 24.2 Å². The molecule has 0 bridgehead atoms. The van der Waals surface area contributed by atoms with Gasteiger partial charge in [0.2, 0.25) is 0 Å². The van der Waals surface area contributed by atoms with E-state index in [-0.39, 0.29) is 49.7 Å². The number of H-pyrrole nitrogens is 1. The number of aromatic nitrogens is 1. The third-order valence-corrected chi connectivity index (χ3v) is 14.0. The molecule has 13 N–H and O–H groups in total. The standard InChI is InChI=1S/C51H79N5O8/c1-33(59)30-55-44(11-7-25-57)51-41-10-6-8-36(41)16-21-43-42(51)29-45(56-43)47(62)32-63-49-26-34(15-22-46(49)61)14-20-40-28-37(31-58)48(64-40)12-5-3-2-4-9-38(52)17-19-39(60)18-13-35-23-24-54-50(53)27-35/h15,22-23,26-29,33,36,38-39,41,44,47,51,54-62H,2-14,16-21,24-25,30-32,52-53H2,1H3. The van der Waals surface area contributed by atoms with E-state index in [1.165, 1.54) is 24.0 Å². The first-order chi connectivity index (χ1) is 31.0. The van der Waals surface area contributed by atoms with E-state index in [4.69, 9.17) is 20.6 Å². The fourth-order valence-electron chi connectivity index (χ4n) is 10.4. The number of nitrogens with one attached hydrogen (secondary N) is 3. The van der Waals surface area contributed by atoms with Crippen molar-refractivity contribution in [2.75, 3.05) is 26.3 Å². The summed E-state index contributed by atoms with van der Waals surface area (Å²) in [6, 6.07) is 9.54. The average molecular weight is 890 g/mol. The zero-order chi connectivity index (χ0) is 45.4. The lowest BCUT2D eigenvalue weighted by atomic mass is 9.75. The molecule has 2 aromatic heterocycles. The normalized spacial score (nSPS) is 20.9. The van der Waals surface area contributed by atoms with E-state index >= 15 is 0 Å². The van der Waals surface area contributed by atoms with Gasteiger partial charge in [-0.05, 0) is 143 Å². The molecule has 8 unspecified atom stereocenters. The average Bonchev–Trinajstić information content (AvgIpc) is 4.02. The van der Waals surface area contributed by atoms with Crippen LogP contribution in [0, 0.1) is 11.8 Å². The van der Waals surface area contributed by atoms with E-state index < -0.39 is 12.2 Å². The summed E-state index contributed by atoms with van der Waals surface area (Å²) in [5.41, 5.74) is 18.2. The minimum absolute atomic E-state index is 0.00583. The van der Waals surface area contributed by atoms with Crippen LogP contribution in [0.4, 0.5) is 0 Å². The van der Waals surface area contributed by atoms with Crippen LogP contribution in [0.1, 0.15) is 155 Å². The summed E-state index contributed by atoms with van der Waals surface area (Å²) in [5.74, 6) is 3.99. The highest BCUT2D eigenvalue weighted by molar-refractivity contribution is 5.42. The third-order valence-electron chi connectivity index (χ3n) is 14.0. The van der Waals surface area contributed by atoms with Crippen molar-refractivity contribution in [1.82, 2.24) is 15.6 Å². The van der Waals surface area contributed by atoms with Crippen LogP contribution in [0.25, 0.3) is 0 Å². The van der Waals surface area contributed by atoms with Crippen molar-refractivity contribution >= 4 is 0 Å². The predicted molar refractivity (Wildman–Crippen MR) is 251 cm³/mol. The van der Waals surface area contributed by atoms with E-state index in [0.29, 0.717) is 67.7 Å². The van der Waals surface area contributed by atoms with Gasteiger partial charge in [0.05, 0.1) is 24.6 Å². The maximum absolute atomic E-state index is 11.4. The van der Waals surface area contributed by atoms with Crippen molar-refractivity contribution in [3.05, 3.63) is 93.5 Å². The number of furan rings is 1. The number of unbranched alkanes of at least 4 members (excludes halogenated alkanes) is 3. The summed E-state index contributed by atoms with van der Waals surface area (Å²) >= 11 is 0. The molecule has 1 saturated carbocycles. The molecule has 1 aromatic carbocycles. The van der Waals surface area contributed by atoms with Gasteiger partial charge < -0.3 is 66.9 Å². The van der Waals surface area contributed by atoms with Crippen LogP contribution in [0.2, 0.25) is 0 Å². The Morgan fingerprint density at radius 2 is 1.75 bits per heavy atom. The van der Waals surface area contributed by atoms with Crippen molar-refractivity contribution in [2.24, 2.45) is 23.3 Å². The molecular weight excluding hydrogens is 811 g/mol. The van der Waals surface area contributed by atoms with E-state index in [0.717, 1.165) is 112 Å². The molecule has 0 amide bonds. The molecule has 3 aromatic rings. The summed E-state index contributed by atoms with van der Waals surface area (Å²) in [7, 11) is 0. The van der Waals surface area contributed by atoms with Gasteiger partial charge in [0, 0.05) is 67.5 Å². The van der Waals surface area contributed by atoms with Gasteiger partial charge in [-0.1, -0.05) is 44.2 Å². The number of aromatic amines is 1. The number of dihydropyridines is 1. The molecule has 0 saturated heterocycles. The molecule has 3 aliphatic rings. The largest absolute Gasteiger partial charge is 0.504 e. The summed E-state index contributed by atoms with van der Waals surface area (Å²) < 4.78 is 12.3. The molecule has 0 spiro atoms. The predicted octanol–water partition coefficient (Wildman–Crippen LogP) is 6.33. The summed E-state index contributed by atoms with van der Waals surface area (Å²) in [5, 5.41) is 69.3. The second-order valence-electron chi connectivity index (χ2n) is 19.0. The van der Waals surface area contributed by atoms with Crippen molar-refractivity contribution in [3.8, 4) is 11.5 Å². The number of hydrogen-bond acceptors (Lipinski definition) is 12. The Morgan fingerprint density at radius 1 is 0.906 bits per heavy atom. The Bertz CT molecular complexity index is 1920. The van der Waals surface area contributed by atoms with E-state index in [2.05, 4.69) is 27.8 Å². The van der Waals surface area contributed by atoms with Gasteiger partial charge in [0.25, 0.3) is 0 Å². The van der Waals surface area contributed by atoms with Crippen molar-refractivity contribution in [3.63, 3.8) is 0 Å². The Kier molecular flexibility index (Phi) is 19.5. The summed E-state index contributed by atoms with van der Waals surface area (Å²) in [6.07, 6.45) is 19.5. The first-order valence-corrected chi connectivity index (χ1v) is 24.4. The number of phenols is 1. The Morgan fingerprint density at radius 3 is 2.55 bits per heavy atom. The second kappa shape index (κ2) is 25.2. The zero-order valence-electron chi connectivity index (χ0n) is 38.3. The number of aryl methyl sites for hydroxylation is 4. The van der Waals surface area contributed by atoms with E-state index in [1.54, 1.807) is 13.0 Å². The summed E-state index contributed by atoms with van der Waals surface area (Å²) in [6.45, 7) is 3.03. The van der Waals surface area contributed by atoms with E-state index in [9.17, 15) is 30.6 Å². The highest BCUT2D eigenvalue weighted by Crippen LogP contribution is 2.49. The Hall–Kier alpha value is -3.82. The number of benzene rings is 1. The fourth-order valence-corrected chi connectivity index (χ4v) is 10.4. The number of aliphatic hydroxyl groups is 5. The van der Waals surface area contributed by atoms with Gasteiger partial charge in [-0.25, -0.2) is 0 Å². The van der Waals surface area contributed by atoms with Crippen LogP contribution in [0.5, 0.6) is 11.5 Å². The molecule has 356 valence electrons. The highest BCUT2D eigenvalue weighted by atomic mass is 16.5. The SMILES string of the molecule is CC(O)CNC(CCCO)C1c2cc(C(O)COc3cc(CCc4cc(CO)c(CCCCCCC(N)CCC(O)CCC5=CCNC(N)=C5)o4)ccc3O)[nH]c2CCC2CCCC21. The molecule has 3 heterocycles. The highest BCUT2D eigenvalue weighted by Gasteiger charge is 2.42. The van der Waals surface area contributed by atoms with Gasteiger partial charge >= 0.3 is 0 Å². The molecule has 1 aliphatic heterocycles. The van der Waals surface area contributed by atoms with Crippen molar-refractivity contribution in [1.29, 1.82) is 0 Å². The number of allylic oxidation sites excluding steroid dienone is 2. The monoisotopic (exact) mass is 890 g/mol. The number of ether oxygens (including phenoxy) is 1. The first kappa shape index (κ1) is 49.6. The van der Waals surface area contributed by atoms with Crippen LogP contribution in [0.3, 0.4) is 0 Å². The molecule has 64 heavy (non-hydrogen) atoms. The van der Waals surface area contributed by atoms with Crippen LogP contribution >= 0.6 is 0 Å². The third kappa shape index (κ3) is 14.6. The molecule has 1 fully saturated rings. The number of fused-ring (bicyclic) bond motifs is 2. The molecule has 13 nitrogen and oxygen atoms in total. The van der Waals surface area contributed by atoms with Crippen molar-refractivity contribution < 1.29 is 39.8 Å². The number of nitrogens with two attached hydrogens (primary N) is 2. The number of phenolic OH excluding ortho intramolecular Hbond substituents is 1. The first-order valence-electron chi connectivity index (χ1n) is 24.4. The molecule has 6 rings (SSSR count). The van der Waals surface area contributed by atoms with Crippen LogP contribution in [-0.4, -0.2) is 86.2 Å². The van der Waals surface area contributed by atoms with Crippen LogP contribution in [-0.2, 0) is 32.3 Å². The van der Waals surface area contributed by atoms with Gasteiger partial charge in [-0.3, -0.25) is 0 Å². The van der Waals surface area contributed by atoms with E-state index in [1.807, 2.05) is 24.3 Å². The smallest absolute Gasteiger partial charge is 0.161 e. The molecular formula is C51H79N5O8. The fraction of sp³-hybridized carbons (Fsp3) is 0.647. The van der Waals surface area contributed by atoms with Gasteiger partial charge in [-0.2, -0.15) is 0 Å². The molecule has 2 aliphatic carbocycles. The number of rotatable bonds is 28. The Balaban J connectivity index is 0.941. The minimum atomic E-state index is -0.936. The quantitative estimate of drug-likeness (QED) is 0.0359. The molecule has 13 heteroatoms. The lowest BCUT2D eigenvalue weighted by molar-refractivity contribution is 0.103. The van der Waals surface area contributed by atoms with Crippen LogP contribution < -0.4 is 26.8 Å². The maximum atomic E-state index is 11.4. The lowest BCUT2D eigenvalue weighted by Gasteiger charge is -2.35. The van der Waals surface area contributed by atoms with Gasteiger partial charge in [-0.15, -0.1) is 0 Å². The van der Waals surface area contributed by atoms with Gasteiger partial charge in [0.15, 0.2) is 11.5 Å². The number of aliphatic hydroxyl groups excluding tert-OH is 5. The zero-order valence-corrected chi connectivity index (χ0v) is 38.3. The maximum Gasteiger partial charge on any atom is 0.161 e. The Labute approximate surface area is 380 Å². The number of aromatic hydroxyl groups is 1.